The number of hydrogen-bond acceptors (Lipinski definition) is 8. The van der Waals surface area contributed by atoms with E-state index in [1.54, 1.807) is 32.4 Å². The maximum atomic E-state index is 14.3. The van der Waals surface area contributed by atoms with E-state index in [9.17, 15) is 19.2 Å². The van der Waals surface area contributed by atoms with Crippen molar-refractivity contribution in [3.8, 4) is 0 Å². The van der Waals surface area contributed by atoms with Crippen LogP contribution >= 0.6 is 11.3 Å². The molecule has 1 fully saturated rings. The summed E-state index contributed by atoms with van der Waals surface area (Å²) in [7, 11) is 6.79. The number of nitrogens with one attached hydrogen (secondary N) is 2. The van der Waals surface area contributed by atoms with E-state index in [0.717, 1.165) is 23.4 Å². The van der Waals surface area contributed by atoms with Gasteiger partial charge in [-0.2, -0.15) is 0 Å². The molecule has 9 unspecified atom stereocenters. The largest absolute Gasteiger partial charge is 0.379 e. The number of nitrogens with zero attached hydrogens (tertiary/aromatic N) is 3. The molecule has 3 rings (SSSR count). The topological polar surface area (TPSA) is 147 Å². The highest BCUT2D eigenvalue weighted by molar-refractivity contribution is 7.09. The van der Waals surface area contributed by atoms with Gasteiger partial charge in [0.05, 0.1) is 49.7 Å². The summed E-state index contributed by atoms with van der Waals surface area (Å²) >= 11 is 1.51. The van der Waals surface area contributed by atoms with Crippen LogP contribution < -0.4 is 16.0 Å². The van der Waals surface area contributed by atoms with Crippen LogP contribution in [0.2, 0.25) is 0 Å². The third kappa shape index (κ3) is 11.6. The van der Waals surface area contributed by atoms with Gasteiger partial charge in [-0.1, -0.05) is 85.2 Å². The first-order chi connectivity index (χ1) is 25.7. The highest BCUT2D eigenvalue weighted by atomic mass is 32.1. The number of ether oxygens (including phenoxy) is 2. The van der Waals surface area contributed by atoms with E-state index in [1.165, 1.54) is 11.3 Å². The molecule has 2 aromatic rings. The lowest BCUT2D eigenvalue weighted by Gasteiger charge is -2.41. The Kier molecular flexibility index (Phi) is 18.0. The average Bonchev–Trinajstić information content (AvgIpc) is 3.87. The molecule has 12 nitrogen and oxygen atoms in total. The highest BCUT2D eigenvalue weighted by Gasteiger charge is 2.43. The van der Waals surface area contributed by atoms with E-state index in [1.807, 2.05) is 87.6 Å². The minimum Gasteiger partial charge on any atom is -0.379 e. The van der Waals surface area contributed by atoms with Crippen LogP contribution in [0.1, 0.15) is 90.8 Å². The van der Waals surface area contributed by atoms with Crippen LogP contribution in [0.4, 0.5) is 0 Å². The molecular weight excluding hydrogens is 705 g/mol. The summed E-state index contributed by atoms with van der Waals surface area (Å²) in [5.41, 5.74) is 1.09. The molecular formula is C41H67N6O6S+. The quantitative estimate of drug-likeness (QED) is 0.175. The molecule has 1 aliphatic heterocycles. The summed E-state index contributed by atoms with van der Waals surface area (Å²) in [6.07, 6.45) is 3.51. The zero-order valence-corrected chi connectivity index (χ0v) is 35.2. The molecule has 54 heavy (non-hydrogen) atoms. The van der Waals surface area contributed by atoms with Crippen LogP contribution in [-0.2, 0) is 35.1 Å². The van der Waals surface area contributed by atoms with Gasteiger partial charge in [0, 0.05) is 45.3 Å². The lowest BCUT2D eigenvalue weighted by atomic mass is 9.89. The molecule has 1 aromatic carbocycles. The average molecular weight is 772 g/mol. The minimum atomic E-state index is -0.732. The van der Waals surface area contributed by atoms with E-state index in [0.29, 0.717) is 19.4 Å². The molecule has 0 radical (unpaired) electrons. The Bertz CT molecular complexity index is 1460. The molecule has 1 saturated heterocycles. The number of likely N-dealkylation sites (tertiary alicyclic amines) is 1. The molecule has 0 bridgehead atoms. The summed E-state index contributed by atoms with van der Waals surface area (Å²) in [5.74, 6) is -1.26. The molecule has 4 N–H and O–H groups in total. The van der Waals surface area contributed by atoms with E-state index < -0.39 is 30.2 Å². The third-order valence-corrected chi connectivity index (χ3v) is 12.1. The molecule has 1 aliphatic rings. The van der Waals surface area contributed by atoms with Gasteiger partial charge in [0.15, 0.2) is 6.04 Å². The Labute approximate surface area is 327 Å². The number of methoxy groups -OCH3 is 2. The van der Waals surface area contributed by atoms with Crippen molar-refractivity contribution in [2.45, 2.75) is 123 Å². The predicted molar refractivity (Wildman–Crippen MR) is 213 cm³/mol. The van der Waals surface area contributed by atoms with E-state index in [4.69, 9.17) is 9.47 Å². The van der Waals surface area contributed by atoms with Gasteiger partial charge >= 0.3 is 0 Å². The van der Waals surface area contributed by atoms with Crippen molar-refractivity contribution < 1.29 is 34.0 Å². The predicted octanol–water partition coefficient (Wildman–Crippen LogP) is 3.82. The van der Waals surface area contributed by atoms with Crippen molar-refractivity contribution in [2.24, 2.45) is 23.7 Å². The first-order valence-corrected chi connectivity index (χ1v) is 20.5. The Morgan fingerprint density at radius 1 is 1.00 bits per heavy atom. The maximum Gasteiger partial charge on any atom is 0.279 e. The van der Waals surface area contributed by atoms with E-state index in [2.05, 4.69) is 29.5 Å². The second kappa shape index (κ2) is 21.6. The number of carbonyl (C=O) groups is 4. The van der Waals surface area contributed by atoms with Crippen LogP contribution in [0.5, 0.6) is 0 Å². The molecule has 9 atom stereocenters. The zero-order chi connectivity index (χ0) is 40.1. The number of carbonyl (C=O) groups excluding carboxylic acids is 4. The second-order valence-corrected chi connectivity index (χ2v) is 16.5. The lowest BCUT2D eigenvalue weighted by Crippen LogP contribution is -2.90. The minimum absolute atomic E-state index is 0.000847. The van der Waals surface area contributed by atoms with Gasteiger partial charge < -0.3 is 35.2 Å². The number of nitrogens with two attached hydrogens (primary N) is 1. The Morgan fingerprint density at radius 2 is 1.69 bits per heavy atom. The molecule has 0 aliphatic carbocycles. The lowest BCUT2D eigenvalue weighted by molar-refractivity contribution is -0.656. The third-order valence-electron chi connectivity index (χ3n) is 11.2. The van der Waals surface area contributed by atoms with Crippen molar-refractivity contribution in [3.63, 3.8) is 0 Å². The van der Waals surface area contributed by atoms with Gasteiger partial charge in [-0.05, 0) is 36.7 Å². The molecule has 2 heterocycles. The zero-order valence-electron chi connectivity index (χ0n) is 34.4. The van der Waals surface area contributed by atoms with Crippen molar-refractivity contribution in [1.29, 1.82) is 0 Å². The number of thiazole rings is 1. The molecule has 0 spiro atoms. The fraction of sp³-hybridized carbons (Fsp3) is 0.683. The van der Waals surface area contributed by atoms with Gasteiger partial charge in [0.1, 0.15) is 11.0 Å². The van der Waals surface area contributed by atoms with Crippen LogP contribution in [0.15, 0.2) is 41.9 Å². The number of aromatic nitrogens is 1. The fourth-order valence-corrected chi connectivity index (χ4v) is 8.58. The molecule has 4 amide bonds. The summed E-state index contributed by atoms with van der Waals surface area (Å²) in [4.78, 5) is 63.6. The van der Waals surface area contributed by atoms with Crippen LogP contribution in [0, 0.1) is 23.7 Å². The first-order valence-electron chi connectivity index (χ1n) is 19.7. The first kappa shape index (κ1) is 45.0. The number of amides is 4. The number of rotatable bonds is 21. The van der Waals surface area contributed by atoms with Crippen molar-refractivity contribution >= 4 is 35.0 Å². The smallest absolute Gasteiger partial charge is 0.279 e. The Morgan fingerprint density at radius 3 is 2.22 bits per heavy atom. The molecule has 1 aromatic heterocycles. The number of likely N-dealkylation sites (N-methyl/N-ethyl adjacent to an activating group) is 2. The summed E-state index contributed by atoms with van der Waals surface area (Å²) in [6.45, 7) is 14.3. The van der Waals surface area contributed by atoms with Gasteiger partial charge in [-0.25, -0.2) is 4.98 Å². The van der Waals surface area contributed by atoms with E-state index >= 15 is 0 Å². The number of quaternary nitrogens is 1. The molecule has 302 valence electrons. The standard InChI is InChI=1S/C41H66N6O6S/c1-12-27(6)36(46(9)41(51)35(26(4)5)45-39(50)34(42-8)25(2)3)32(52-10)24-33(48)47-21-16-19-31(47)37(53-11)28(7)38(49)44-30(40-43-20-22-54-40)23-29-17-14-13-15-18-29/h13-15,17-18,20,22,25-28,30-32,34-37,42H,12,16,19,21,23-24H2,1-11H3,(H,44,49)(H,45,50)/p+1. The summed E-state index contributed by atoms with van der Waals surface area (Å²) < 4.78 is 12.1. The van der Waals surface area contributed by atoms with Crippen molar-refractivity contribution in [2.75, 3.05) is 34.9 Å². The maximum absolute atomic E-state index is 14.3. The second-order valence-electron chi connectivity index (χ2n) is 15.5. The van der Waals surface area contributed by atoms with E-state index in [-0.39, 0.29) is 65.9 Å². The Hall–Kier alpha value is -3.39. The van der Waals surface area contributed by atoms with Gasteiger partial charge in [0.2, 0.25) is 17.7 Å². The van der Waals surface area contributed by atoms with Gasteiger partial charge in [-0.15, -0.1) is 11.3 Å². The number of benzene rings is 1. The van der Waals surface area contributed by atoms with Crippen molar-refractivity contribution in [3.05, 3.63) is 52.5 Å². The SMILES string of the molecule is CCC(C)C(C(CC(=O)N1CCCC1C(OC)C(C)C(=O)NC(Cc1ccccc1)c1nccs1)OC)N(C)C(=O)C(NC(=O)C([NH2+]C)C(C)C)C(C)C. The summed E-state index contributed by atoms with van der Waals surface area (Å²) in [6, 6.07) is 7.94. The molecule has 13 heteroatoms. The Balaban J connectivity index is 1.78. The number of hydrogen-bond donors (Lipinski definition) is 3. The summed E-state index contributed by atoms with van der Waals surface area (Å²) in [5, 5.41) is 10.9. The molecule has 0 saturated carbocycles. The van der Waals surface area contributed by atoms with Crippen LogP contribution in [0.25, 0.3) is 0 Å². The monoisotopic (exact) mass is 771 g/mol. The van der Waals surface area contributed by atoms with Crippen LogP contribution in [-0.4, -0.2) is 110 Å². The highest BCUT2D eigenvalue weighted by Crippen LogP contribution is 2.30. The van der Waals surface area contributed by atoms with Gasteiger partial charge in [0.25, 0.3) is 5.91 Å². The van der Waals surface area contributed by atoms with Gasteiger partial charge in [-0.3, -0.25) is 19.2 Å². The van der Waals surface area contributed by atoms with Crippen molar-refractivity contribution in [1.82, 2.24) is 25.4 Å². The normalized spacial score (nSPS) is 19.1. The fourth-order valence-electron chi connectivity index (χ4n) is 7.89. The van der Waals surface area contributed by atoms with Crippen LogP contribution in [0.3, 0.4) is 0 Å².